The molecule has 0 unspecified atom stereocenters. The molecule has 3 heterocycles. The monoisotopic (exact) mass is 500 g/mol. The van der Waals surface area contributed by atoms with E-state index in [2.05, 4.69) is 0 Å². The van der Waals surface area contributed by atoms with E-state index in [1.165, 1.54) is 7.11 Å². The average Bonchev–Trinajstić information content (AvgIpc) is 3.52. The first-order valence-electron chi connectivity index (χ1n) is 11.3. The third-order valence-corrected chi connectivity index (χ3v) is 7.86. The Balaban J connectivity index is 1.32. The van der Waals surface area contributed by atoms with Gasteiger partial charge in [0.15, 0.2) is 11.5 Å². The van der Waals surface area contributed by atoms with Crippen LogP contribution in [-0.4, -0.2) is 62.0 Å². The minimum absolute atomic E-state index is 0.0278. The maximum absolute atomic E-state index is 12.9. The van der Waals surface area contributed by atoms with Crippen LogP contribution in [0.3, 0.4) is 0 Å². The van der Waals surface area contributed by atoms with Crippen molar-refractivity contribution >= 4 is 46.9 Å². The summed E-state index contributed by atoms with van der Waals surface area (Å²) in [4.78, 5) is 29.2. The second-order valence-electron chi connectivity index (χ2n) is 8.76. The topological polar surface area (TPSA) is 59.1 Å². The predicted octanol–water partition coefficient (Wildman–Crippen LogP) is 4.99. The summed E-state index contributed by atoms with van der Waals surface area (Å²) in [5, 5.41) is 4.43. The Morgan fingerprint density at radius 1 is 0.971 bits per heavy atom. The minimum atomic E-state index is -0.0278. The SMILES string of the molecule is COc1ccc(C=CC(=O)N2CCC3(CCN(C(=O)C=Cc4ccsc4)CC3)C2)c(Cl)c1OC. The molecule has 0 bridgehead atoms. The lowest BCUT2D eigenvalue weighted by Gasteiger charge is -2.38. The van der Waals surface area contributed by atoms with Gasteiger partial charge in [0.2, 0.25) is 11.8 Å². The van der Waals surface area contributed by atoms with Gasteiger partial charge in [0, 0.05) is 38.3 Å². The highest BCUT2D eigenvalue weighted by molar-refractivity contribution is 7.08. The van der Waals surface area contributed by atoms with E-state index in [1.54, 1.807) is 48.8 Å². The zero-order valence-electron chi connectivity index (χ0n) is 19.5. The van der Waals surface area contributed by atoms with Crippen molar-refractivity contribution in [3.8, 4) is 11.5 Å². The Bertz CT molecular complexity index is 1090. The van der Waals surface area contributed by atoms with E-state index in [0.29, 0.717) is 22.1 Å². The lowest BCUT2D eigenvalue weighted by molar-refractivity contribution is -0.129. The number of hydrogen-bond donors (Lipinski definition) is 0. The van der Waals surface area contributed by atoms with Gasteiger partial charge in [-0.3, -0.25) is 9.59 Å². The number of methoxy groups -OCH3 is 2. The number of rotatable bonds is 6. The molecule has 2 aromatic rings. The third kappa shape index (κ3) is 5.31. The number of likely N-dealkylation sites (tertiary alicyclic amines) is 2. The number of hydrogen-bond acceptors (Lipinski definition) is 5. The van der Waals surface area contributed by atoms with Gasteiger partial charge in [0.1, 0.15) is 0 Å². The number of halogens is 1. The summed E-state index contributed by atoms with van der Waals surface area (Å²) < 4.78 is 10.6. The summed E-state index contributed by atoms with van der Waals surface area (Å²) in [6.45, 7) is 2.91. The summed E-state index contributed by atoms with van der Waals surface area (Å²) in [5.41, 5.74) is 1.85. The Labute approximate surface area is 209 Å². The van der Waals surface area contributed by atoms with Crippen molar-refractivity contribution in [2.75, 3.05) is 40.4 Å². The van der Waals surface area contributed by atoms with Gasteiger partial charge in [-0.2, -0.15) is 11.3 Å². The van der Waals surface area contributed by atoms with Gasteiger partial charge in [-0.15, -0.1) is 0 Å². The average molecular weight is 501 g/mol. The molecule has 2 amide bonds. The summed E-state index contributed by atoms with van der Waals surface area (Å²) in [5.74, 6) is 1.02. The highest BCUT2D eigenvalue weighted by Crippen LogP contribution is 2.41. The number of carbonyl (C=O) groups is 2. The highest BCUT2D eigenvalue weighted by Gasteiger charge is 2.42. The van der Waals surface area contributed by atoms with Gasteiger partial charge in [0.25, 0.3) is 0 Å². The standard InChI is InChI=1S/C26H29ClN2O4S/c1-32-21-6-4-20(24(27)25(21)33-2)5-8-23(31)29-15-12-26(18-29)10-13-28(14-11-26)22(30)7-3-19-9-16-34-17-19/h3-9,16-17H,10-15,18H2,1-2H3. The minimum Gasteiger partial charge on any atom is -0.493 e. The van der Waals surface area contributed by atoms with Crippen LogP contribution in [-0.2, 0) is 9.59 Å². The molecule has 0 atom stereocenters. The van der Waals surface area contributed by atoms with Crippen molar-refractivity contribution in [3.05, 3.63) is 57.3 Å². The molecule has 1 aromatic heterocycles. The Kier molecular flexibility index (Phi) is 7.63. The lowest BCUT2D eigenvalue weighted by atomic mass is 9.78. The van der Waals surface area contributed by atoms with Crippen LogP contribution in [0.4, 0.5) is 0 Å². The van der Waals surface area contributed by atoms with E-state index in [0.717, 1.165) is 51.0 Å². The number of carbonyl (C=O) groups excluding carboxylic acids is 2. The summed E-state index contributed by atoms with van der Waals surface area (Å²) >= 11 is 8.04. The van der Waals surface area contributed by atoms with Crippen molar-refractivity contribution in [2.45, 2.75) is 19.3 Å². The van der Waals surface area contributed by atoms with Crippen LogP contribution in [0.2, 0.25) is 5.02 Å². The van der Waals surface area contributed by atoms with Crippen LogP contribution in [0.1, 0.15) is 30.4 Å². The molecule has 8 heteroatoms. The van der Waals surface area contributed by atoms with E-state index in [-0.39, 0.29) is 17.2 Å². The molecule has 2 saturated heterocycles. The molecule has 0 aliphatic carbocycles. The largest absolute Gasteiger partial charge is 0.493 e. The van der Waals surface area contributed by atoms with Gasteiger partial charge in [-0.05, 0) is 76.9 Å². The Hall–Kier alpha value is -2.77. The van der Waals surface area contributed by atoms with Crippen molar-refractivity contribution in [1.82, 2.24) is 9.80 Å². The molecule has 2 aliphatic rings. The number of piperidine rings is 1. The Morgan fingerprint density at radius 2 is 1.65 bits per heavy atom. The number of amides is 2. The fourth-order valence-electron chi connectivity index (χ4n) is 4.68. The van der Waals surface area contributed by atoms with Crippen LogP contribution in [0.5, 0.6) is 11.5 Å². The van der Waals surface area contributed by atoms with Gasteiger partial charge in [0.05, 0.1) is 19.2 Å². The number of benzene rings is 1. The van der Waals surface area contributed by atoms with Gasteiger partial charge >= 0.3 is 0 Å². The molecule has 1 aromatic carbocycles. The first-order chi connectivity index (χ1) is 16.4. The molecule has 6 nitrogen and oxygen atoms in total. The molecule has 2 fully saturated rings. The second-order valence-corrected chi connectivity index (χ2v) is 9.92. The maximum atomic E-state index is 12.9. The van der Waals surface area contributed by atoms with Gasteiger partial charge in [-0.1, -0.05) is 11.6 Å². The van der Waals surface area contributed by atoms with Crippen LogP contribution in [0, 0.1) is 5.41 Å². The molecule has 1 spiro atoms. The molecule has 4 rings (SSSR count). The molecule has 34 heavy (non-hydrogen) atoms. The van der Waals surface area contributed by atoms with Crippen LogP contribution >= 0.6 is 22.9 Å². The summed E-state index contributed by atoms with van der Waals surface area (Å²) in [6.07, 6.45) is 9.63. The van der Waals surface area contributed by atoms with Crippen LogP contribution in [0.15, 0.2) is 41.1 Å². The van der Waals surface area contributed by atoms with Gasteiger partial charge in [-0.25, -0.2) is 0 Å². The predicted molar refractivity (Wildman–Crippen MR) is 136 cm³/mol. The molecular weight excluding hydrogens is 472 g/mol. The third-order valence-electron chi connectivity index (χ3n) is 6.77. The van der Waals surface area contributed by atoms with Crippen LogP contribution in [0.25, 0.3) is 12.2 Å². The van der Waals surface area contributed by atoms with E-state index >= 15 is 0 Å². The fourth-order valence-corrected chi connectivity index (χ4v) is 5.60. The van der Waals surface area contributed by atoms with E-state index < -0.39 is 0 Å². The van der Waals surface area contributed by atoms with Crippen molar-refractivity contribution in [3.63, 3.8) is 0 Å². The molecular formula is C26H29ClN2O4S. The molecule has 0 saturated carbocycles. The van der Waals surface area contributed by atoms with E-state index in [9.17, 15) is 9.59 Å². The normalized spacial score (nSPS) is 17.7. The fraction of sp³-hybridized carbons (Fsp3) is 0.385. The second kappa shape index (κ2) is 10.7. The van der Waals surface area contributed by atoms with Crippen molar-refractivity contribution < 1.29 is 19.1 Å². The van der Waals surface area contributed by atoms with Crippen molar-refractivity contribution in [2.24, 2.45) is 5.41 Å². The quantitative estimate of drug-likeness (QED) is 0.524. The summed E-state index contributed by atoms with van der Waals surface area (Å²) in [7, 11) is 3.09. The zero-order valence-corrected chi connectivity index (χ0v) is 21.0. The van der Waals surface area contributed by atoms with Crippen LogP contribution < -0.4 is 9.47 Å². The first kappa shape index (κ1) is 24.4. The molecule has 180 valence electrons. The van der Waals surface area contributed by atoms with E-state index in [1.807, 2.05) is 32.7 Å². The van der Waals surface area contributed by atoms with Gasteiger partial charge < -0.3 is 19.3 Å². The first-order valence-corrected chi connectivity index (χ1v) is 12.6. The van der Waals surface area contributed by atoms with Crippen molar-refractivity contribution in [1.29, 1.82) is 0 Å². The maximum Gasteiger partial charge on any atom is 0.246 e. The number of nitrogens with zero attached hydrogens (tertiary/aromatic N) is 2. The molecule has 0 radical (unpaired) electrons. The molecule has 0 N–H and O–H groups in total. The lowest BCUT2D eigenvalue weighted by Crippen LogP contribution is -2.44. The smallest absolute Gasteiger partial charge is 0.246 e. The molecule has 2 aliphatic heterocycles. The Morgan fingerprint density at radius 3 is 2.29 bits per heavy atom. The highest BCUT2D eigenvalue weighted by atomic mass is 35.5. The number of thiophene rings is 1. The van der Waals surface area contributed by atoms with E-state index in [4.69, 9.17) is 21.1 Å². The zero-order chi connectivity index (χ0) is 24.1. The summed E-state index contributed by atoms with van der Waals surface area (Å²) in [6, 6.07) is 5.57. The number of ether oxygens (including phenoxy) is 2.